The molecule has 7 nitrogen and oxygen atoms in total. The molecule has 0 aromatic heterocycles. The number of phenolic OH excluding ortho intramolecular Hbond substituents is 1. The van der Waals surface area contributed by atoms with Gasteiger partial charge in [0.25, 0.3) is 0 Å². The molecule has 1 atom stereocenters. The Labute approximate surface area is 145 Å². The largest absolute Gasteiger partial charge is 0.500 e. The smallest absolute Gasteiger partial charge is 0.314 e. The molecule has 1 fully saturated rings. The average molecular weight is 372 g/mol. The lowest BCUT2D eigenvalue weighted by Gasteiger charge is -2.33. The molecule has 1 aliphatic heterocycles. The van der Waals surface area contributed by atoms with Gasteiger partial charge in [0.05, 0.1) is 18.1 Å². The Balaban J connectivity index is 0.00000242. The molecule has 1 aromatic carbocycles. The maximum atomic E-state index is 13.5. The van der Waals surface area contributed by atoms with Gasteiger partial charge < -0.3 is 15.2 Å². The van der Waals surface area contributed by atoms with E-state index in [0.29, 0.717) is 18.7 Å². The monoisotopic (exact) mass is 371 g/mol. The molecule has 0 aliphatic carbocycles. The van der Waals surface area contributed by atoms with Crippen LogP contribution in [0.2, 0.25) is 0 Å². The summed E-state index contributed by atoms with van der Waals surface area (Å²) in [6.45, 7) is 2.14. The molecule has 1 aliphatic rings. The van der Waals surface area contributed by atoms with Crippen molar-refractivity contribution in [2.24, 2.45) is 0 Å². The molecule has 10 heteroatoms. The number of nitro groups is 1. The van der Waals surface area contributed by atoms with Crippen LogP contribution < -0.4 is 10.1 Å². The highest BCUT2D eigenvalue weighted by atomic mass is 35.5. The summed E-state index contributed by atoms with van der Waals surface area (Å²) in [5.74, 6) is -0.558. The second-order valence-electron chi connectivity index (χ2n) is 4.80. The zero-order chi connectivity index (χ0) is 15.4. The lowest BCUT2D eigenvalue weighted by atomic mass is 10.0. The Bertz CT molecular complexity index is 530. The third-order valence-electron chi connectivity index (χ3n) is 3.62. The highest BCUT2D eigenvalue weighted by molar-refractivity contribution is 5.85. The first-order valence-electron chi connectivity index (χ1n) is 6.64. The summed E-state index contributed by atoms with van der Waals surface area (Å²) in [5, 5.41) is 23.9. The molecular weight excluding hydrogens is 352 g/mol. The number of halogens is 3. The fraction of sp³-hybridized carbons (Fsp3) is 0.538. The van der Waals surface area contributed by atoms with E-state index >= 15 is 0 Å². The first-order chi connectivity index (χ1) is 10.1. The second-order valence-corrected chi connectivity index (χ2v) is 4.80. The molecule has 1 saturated heterocycles. The zero-order valence-corrected chi connectivity index (χ0v) is 14.2. The summed E-state index contributed by atoms with van der Waals surface area (Å²) >= 11 is 0. The lowest BCUT2D eigenvalue weighted by Crippen LogP contribution is -2.45. The Morgan fingerprint density at radius 3 is 2.52 bits per heavy atom. The fourth-order valence-electron chi connectivity index (χ4n) is 2.49. The van der Waals surface area contributed by atoms with Crippen molar-refractivity contribution in [2.45, 2.75) is 6.04 Å². The van der Waals surface area contributed by atoms with Crippen LogP contribution in [-0.2, 0) is 0 Å². The minimum absolute atomic E-state index is 0. The second kappa shape index (κ2) is 9.71. The van der Waals surface area contributed by atoms with Crippen LogP contribution in [-0.4, -0.2) is 54.9 Å². The van der Waals surface area contributed by atoms with E-state index in [2.05, 4.69) is 5.32 Å². The Morgan fingerprint density at radius 2 is 2.04 bits per heavy atom. The third kappa shape index (κ3) is 4.81. The standard InChI is InChI=1S/C13H18FN3O4.2ClH/c1-21-12-7-9(6-10(13(12)18)17(19)20)11(8-14)16-4-2-15-3-5-16;;/h6-7,11,15,18H,2-5,8H2,1H3;2*1H/t11-;;/m0../s1. The number of ether oxygens (including phenoxy) is 1. The SMILES string of the molecule is COc1cc([C@H](CF)N2CCNCC2)cc([N+](=O)[O-])c1O.Cl.Cl. The van der Waals surface area contributed by atoms with Crippen LogP contribution in [0.3, 0.4) is 0 Å². The molecule has 1 aromatic rings. The van der Waals surface area contributed by atoms with E-state index in [1.54, 1.807) is 0 Å². The molecule has 1 heterocycles. The van der Waals surface area contributed by atoms with Crippen LogP contribution in [0.4, 0.5) is 10.1 Å². The summed E-state index contributed by atoms with van der Waals surface area (Å²) in [7, 11) is 1.30. The van der Waals surface area contributed by atoms with Crippen LogP contribution >= 0.6 is 24.8 Å². The number of alkyl halides is 1. The van der Waals surface area contributed by atoms with Gasteiger partial charge in [-0.3, -0.25) is 15.0 Å². The quantitative estimate of drug-likeness (QED) is 0.608. The molecule has 0 unspecified atom stereocenters. The van der Waals surface area contributed by atoms with Crippen molar-refractivity contribution in [3.05, 3.63) is 27.8 Å². The van der Waals surface area contributed by atoms with Crippen molar-refractivity contribution in [1.82, 2.24) is 10.2 Å². The van der Waals surface area contributed by atoms with Gasteiger partial charge in [-0.1, -0.05) is 0 Å². The Morgan fingerprint density at radius 1 is 1.43 bits per heavy atom. The van der Waals surface area contributed by atoms with E-state index in [9.17, 15) is 19.6 Å². The molecule has 0 saturated carbocycles. The van der Waals surface area contributed by atoms with E-state index in [1.807, 2.05) is 4.90 Å². The minimum Gasteiger partial charge on any atom is -0.500 e. The third-order valence-corrected chi connectivity index (χ3v) is 3.62. The molecule has 0 radical (unpaired) electrons. The number of methoxy groups -OCH3 is 1. The van der Waals surface area contributed by atoms with Crippen molar-refractivity contribution in [1.29, 1.82) is 0 Å². The average Bonchev–Trinajstić information content (AvgIpc) is 2.50. The predicted molar refractivity (Wildman–Crippen MR) is 89.0 cm³/mol. The van der Waals surface area contributed by atoms with Crippen LogP contribution in [0.1, 0.15) is 11.6 Å². The Hall–Kier alpha value is -1.35. The number of hydrogen-bond donors (Lipinski definition) is 2. The number of aromatic hydroxyl groups is 1. The van der Waals surface area contributed by atoms with Crippen LogP contribution in [0.25, 0.3) is 0 Å². The molecule has 2 N–H and O–H groups in total. The summed E-state index contributed by atoms with van der Waals surface area (Å²) in [4.78, 5) is 12.2. The van der Waals surface area contributed by atoms with Gasteiger partial charge in [-0.2, -0.15) is 0 Å². The zero-order valence-electron chi connectivity index (χ0n) is 12.5. The van der Waals surface area contributed by atoms with E-state index in [4.69, 9.17) is 4.74 Å². The fourth-order valence-corrected chi connectivity index (χ4v) is 2.49. The molecule has 0 amide bonds. The van der Waals surface area contributed by atoms with Gasteiger partial charge in [-0.15, -0.1) is 24.8 Å². The highest BCUT2D eigenvalue weighted by Crippen LogP contribution is 2.39. The van der Waals surface area contributed by atoms with Gasteiger partial charge in [-0.25, -0.2) is 4.39 Å². The molecule has 23 heavy (non-hydrogen) atoms. The van der Waals surface area contributed by atoms with Crippen LogP contribution in [0.5, 0.6) is 11.5 Å². The number of nitro benzene ring substituents is 1. The first-order valence-corrected chi connectivity index (χ1v) is 6.64. The molecule has 0 bridgehead atoms. The van der Waals surface area contributed by atoms with Crippen molar-refractivity contribution in [3.63, 3.8) is 0 Å². The Kier molecular flexibility index (Phi) is 9.14. The number of benzene rings is 1. The van der Waals surface area contributed by atoms with Gasteiger partial charge in [0.2, 0.25) is 5.75 Å². The number of phenols is 1. The van der Waals surface area contributed by atoms with Crippen LogP contribution in [0.15, 0.2) is 12.1 Å². The first kappa shape index (κ1) is 21.6. The highest BCUT2D eigenvalue weighted by Gasteiger charge is 2.27. The van der Waals surface area contributed by atoms with E-state index < -0.39 is 29.1 Å². The molecule has 132 valence electrons. The van der Waals surface area contributed by atoms with Gasteiger partial charge in [-0.05, 0) is 11.6 Å². The van der Waals surface area contributed by atoms with Gasteiger partial charge in [0.15, 0.2) is 5.75 Å². The summed E-state index contributed by atoms with van der Waals surface area (Å²) in [6, 6.07) is 2.08. The van der Waals surface area contributed by atoms with Crippen molar-refractivity contribution in [3.8, 4) is 11.5 Å². The summed E-state index contributed by atoms with van der Waals surface area (Å²) in [5.41, 5.74) is -0.0429. The van der Waals surface area contributed by atoms with Crippen molar-refractivity contribution < 1.29 is 19.2 Å². The van der Waals surface area contributed by atoms with Crippen molar-refractivity contribution >= 4 is 30.5 Å². The lowest BCUT2D eigenvalue weighted by molar-refractivity contribution is -0.386. The van der Waals surface area contributed by atoms with Gasteiger partial charge in [0.1, 0.15) is 6.67 Å². The molecular formula is C13H20Cl2FN3O4. The normalized spacial score (nSPS) is 15.9. The van der Waals surface area contributed by atoms with E-state index in [-0.39, 0.29) is 30.6 Å². The summed E-state index contributed by atoms with van der Waals surface area (Å²) in [6.07, 6.45) is 0. The summed E-state index contributed by atoms with van der Waals surface area (Å²) < 4.78 is 18.4. The maximum absolute atomic E-state index is 13.5. The maximum Gasteiger partial charge on any atom is 0.314 e. The van der Waals surface area contributed by atoms with E-state index in [0.717, 1.165) is 13.1 Å². The van der Waals surface area contributed by atoms with Gasteiger partial charge >= 0.3 is 5.69 Å². The van der Waals surface area contributed by atoms with Crippen molar-refractivity contribution in [2.75, 3.05) is 40.0 Å². The topological polar surface area (TPSA) is 87.9 Å². The number of piperazine rings is 1. The number of nitrogens with zero attached hydrogens (tertiary/aromatic N) is 2. The van der Waals surface area contributed by atoms with E-state index in [1.165, 1.54) is 19.2 Å². The van der Waals surface area contributed by atoms with Gasteiger partial charge in [0, 0.05) is 32.2 Å². The number of nitrogens with one attached hydrogen (secondary N) is 1. The minimum atomic E-state index is -0.700. The molecule has 2 rings (SSSR count). The molecule has 0 spiro atoms. The number of hydrogen-bond acceptors (Lipinski definition) is 6. The van der Waals surface area contributed by atoms with Crippen LogP contribution in [0, 0.1) is 10.1 Å². The predicted octanol–water partition coefficient (Wildman–Crippen LogP) is 2.07. The number of rotatable bonds is 5.